The van der Waals surface area contributed by atoms with Crippen LogP contribution in [-0.4, -0.2) is 23.1 Å². The zero-order chi connectivity index (χ0) is 13.4. The van der Waals surface area contributed by atoms with Gasteiger partial charge in [0.2, 0.25) is 5.95 Å². The van der Waals surface area contributed by atoms with Gasteiger partial charge < -0.3 is 4.90 Å². The second kappa shape index (κ2) is 5.21. The molecule has 0 spiro atoms. The minimum Gasteiger partial charge on any atom is -0.341 e. The summed E-state index contributed by atoms with van der Waals surface area (Å²) in [6.45, 7) is 1.89. The fraction of sp³-hybridized carbons (Fsp3) is 0.385. The van der Waals surface area contributed by atoms with E-state index < -0.39 is 0 Å². The van der Waals surface area contributed by atoms with Crippen molar-refractivity contribution in [2.75, 3.05) is 18.0 Å². The van der Waals surface area contributed by atoms with Crippen molar-refractivity contribution in [1.82, 2.24) is 9.97 Å². The van der Waals surface area contributed by atoms with Crippen LogP contribution in [0.5, 0.6) is 0 Å². The number of anilines is 1. The third-order valence-electron chi connectivity index (χ3n) is 3.30. The minimum absolute atomic E-state index is 0.297. The van der Waals surface area contributed by atoms with E-state index in [0.29, 0.717) is 26.5 Å². The SMILES string of the molecule is Fc1cc(Br)c2nc(N3CCCCC3)nc(Cl)c2c1. The Morgan fingerprint density at radius 1 is 1.16 bits per heavy atom. The molecule has 0 atom stereocenters. The highest BCUT2D eigenvalue weighted by atomic mass is 79.9. The van der Waals surface area contributed by atoms with Crippen molar-refractivity contribution in [3.63, 3.8) is 0 Å². The van der Waals surface area contributed by atoms with Crippen molar-refractivity contribution < 1.29 is 4.39 Å². The van der Waals surface area contributed by atoms with E-state index in [0.717, 1.165) is 25.9 Å². The van der Waals surface area contributed by atoms with Crippen molar-refractivity contribution in [1.29, 1.82) is 0 Å². The first-order valence-electron chi connectivity index (χ1n) is 6.22. The number of nitrogens with zero attached hydrogens (tertiary/aromatic N) is 3. The van der Waals surface area contributed by atoms with Crippen LogP contribution in [0.15, 0.2) is 16.6 Å². The molecule has 1 aromatic carbocycles. The highest BCUT2D eigenvalue weighted by Gasteiger charge is 2.17. The second-order valence-corrected chi connectivity index (χ2v) is 5.86. The van der Waals surface area contributed by atoms with Crippen LogP contribution in [0.3, 0.4) is 0 Å². The molecule has 0 amide bonds. The lowest BCUT2D eigenvalue weighted by Gasteiger charge is -2.26. The lowest BCUT2D eigenvalue weighted by molar-refractivity contribution is 0.569. The third kappa shape index (κ3) is 2.54. The average Bonchev–Trinajstić information content (AvgIpc) is 2.41. The van der Waals surface area contributed by atoms with E-state index in [9.17, 15) is 4.39 Å². The van der Waals surface area contributed by atoms with Crippen LogP contribution in [0.1, 0.15) is 19.3 Å². The zero-order valence-corrected chi connectivity index (χ0v) is 12.5. The van der Waals surface area contributed by atoms with Gasteiger partial charge in [-0.1, -0.05) is 11.6 Å². The number of hydrogen-bond donors (Lipinski definition) is 0. The van der Waals surface area contributed by atoms with Crippen LogP contribution in [0.2, 0.25) is 5.15 Å². The topological polar surface area (TPSA) is 29.0 Å². The molecule has 100 valence electrons. The average molecular weight is 345 g/mol. The van der Waals surface area contributed by atoms with Crippen molar-refractivity contribution >= 4 is 44.4 Å². The fourth-order valence-electron chi connectivity index (χ4n) is 2.35. The van der Waals surface area contributed by atoms with Gasteiger partial charge in [0.1, 0.15) is 11.0 Å². The van der Waals surface area contributed by atoms with E-state index in [2.05, 4.69) is 30.8 Å². The maximum Gasteiger partial charge on any atom is 0.227 e. The number of hydrogen-bond acceptors (Lipinski definition) is 3. The van der Waals surface area contributed by atoms with Crippen molar-refractivity contribution in [3.05, 3.63) is 27.6 Å². The van der Waals surface area contributed by atoms with Crippen molar-refractivity contribution in [2.24, 2.45) is 0 Å². The van der Waals surface area contributed by atoms with Gasteiger partial charge in [0.15, 0.2) is 0 Å². The number of fused-ring (bicyclic) bond motifs is 1. The zero-order valence-electron chi connectivity index (χ0n) is 10.2. The Hall–Kier alpha value is -0.940. The maximum absolute atomic E-state index is 13.4. The largest absolute Gasteiger partial charge is 0.341 e. The van der Waals surface area contributed by atoms with Gasteiger partial charge in [-0.3, -0.25) is 0 Å². The molecule has 0 saturated carbocycles. The van der Waals surface area contributed by atoms with Gasteiger partial charge in [0.25, 0.3) is 0 Å². The Bertz CT molecular complexity index is 629. The highest BCUT2D eigenvalue weighted by molar-refractivity contribution is 9.10. The van der Waals surface area contributed by atoms with Gasteiger partial charge in [-0.15, -0.1) is 0 Å². The molecule has 0 unspecified atom stereocenters. The van der Waals surface area contributed by atoms with E-state index in [1.165, 1.54) is 18.6 Å². The fourth-order valence-corrected chi connectivity index (χ4v) is 3.09. The molecule has 1 aromatic heterocycles. The van der Waals surface area contributed by atoms with Crippen LogP contribution in [-0.2, 0) is 0 Å². The van der Waals surface area contributed by atoms with Gasteiger partial charge in [-0.2, -0.15) is 0 Å². The quantitative estimate of drug-likeness (QED) is 0.727. The molecule has 2 aromatic rings. The summed E-state index contributed by atoms with van der Waals surface area (Å²) >= 11 is 9.49. The highest BCUT2D eigenvalue weighted by Crippen LogP contribution is 2.30. The normalized spacial score (nSPS) is 16.1. The predicted octanol–water partition coefficient (Wildman–Crippen LogP) is 4.18. The molecule has 6 heteroatoms. The molecule has 0 radical (unpaired) electrons. The monoisotopic (exact) mass is 343 g/mol. The smallest absolute Gasteiger partial charge is 0.227 e. The molecule has 1 saturated heterocycles. The molecule has 1 fully saturated rings. The number of halogens is 3. The van der Waals surface area contributed by atoms with Crippen LogP contribution in [0, 0.1) is 5.82 Å². The molecule has 19 heavy (non-hydrogen) atoms. The number of benzene rings is 1. The maximum atomic E-state index is 13.4. The minimum atomic E-state index is -0.351. The van der Waals surface area contributed by atoms with E-state index in [4.69, 9.17) is 11.6 Å². The first-order chi connectivity index (χ1) is 9.15. The van der Waals surface area contributed by atoms with Gasteiger partial charge >= 0.3 is 0 Å². The molecular formula is C13H12BrClFN3. The predicted molar refractivity (Wildman–Crippen MR) is 78.3 cm³/mol. The Labute approximate surface area is 123 Å². The van der Waals surface area contributed by atoms with Crippen LogP contribution in [0.25, 0.3) is 10.9 Å². The summed E-state index contributed by atoms with van der Waals surface area (Å²) in [5, 5.41) is 0.833. The summed E-state index contributed by atoms with van der Waals surface area (Å²) in [4.78, 5) is 10.9. The van der Waals surface area contributed by atoms with Crippen molar-refractivity contribution in [3.8, 4) is 0 Å². The molecule has 2 heterocycles. The molecule has 1 aliphatic rings. The molecular weight excluding hydrogens is 333 g/mol. The summed E-state index contributed by atoms with van der Waals surface area (Å²) in [6, 6.07) is 2.76. The van der Waals surface area contributed by atoms with Crippen LogP contribution >= 0.6 is 27.5 Å². The number of rotatable bonds is 1. The van der Waals surface area contributed by atoms with E-state index in [-0.39, 0.29) is 5.82 Å². The molecule has 0 aliphatic carbocycles. The Kier molecular flexibility index (Phi) is 3.58. The van der Waals surface area contributed by atoms with E-state index in [1.54, 1.807) is 0 Å². The lowest BCUT2D eigenvalue weighted by atomic mass is 10.1. The van der Waals surface area contributed by atoms with Gasteiger partial charge in [0.05, 0.1) is 5.52 Å². The Morgan fingerprint density at radius 3 is 2.63 bits per heavy atom. The molecule has 1 aliphatic heterocycles. The first-order valence-corrected chi connectivity index (χ1v) is 7.39. The number of aromatic nitrogens is 2. The molecule has 0 bridgehead atoms. The van der Waals surface area contributed by atoms with Crippen LogP contribution < -0.4 is 4.90 Å². The Balaban J connectivity index is 2.13. The van der Waals surface area contributed by atoms with Gasteiger partial charge in [-0.05, 0) is 47.3 Å². The standard InChI is InChI=1S/C13H12BrClFN3/c14-10-7-8(16)6-9-11(10)17-13(18-12(9)15)19-4-2-1-3-5-19/h6-7H,1-5H2. The number of piperidine rings is 1. The molecule has 3 rings (SSSR count). The molecule has 0 N–H and O–H groups in total. The summed E-state index contributed by atoms with van der Waals surface area (Å²) in [5.41, 5.74) is 0.655. The summed E-state index contributed by atoms with van der Waals surface area (Å²) in [6.07, 6.45) is 3.53. The first kappa shape index (κ1) is 13.1. The Morgan fingerprint density at radius 2 is 1.89 bits per heavy atom. The summed E-state index contributed by atoms with van der Waals surface area (Å²) < 4.78 is 14.0. The van der Waals surface area contributed by atoms with E-state index in [1.807, 2.05) is 0 Å². The summed E-state index contributed by atoms with van der Waals surface area (Å²) in [5.74, 6) is 0.278. The van der Waals surface area contributed by atoms with Gasteiger partial charge in [0, 0.05) is 22.9 Å². The summed E-state index contributed by atoms with van der Waals surface area (Å²) in [7, 11) is 0. The molecule has 3 nitrogen and oxygen atoms in total. The van der Waals surface area contributed by atoms with E-state index >= 15 is 0 Å². The van der Waals surface area contributed by atoms with Crippen LogP contribution in [0.4, 0.5) is 10.3 Å². The second-order valence-electron chi connectivity index (χ2n) is 4.65. The lowest BCUT2D eigenvalue weighted by Crippen LogP contribution is -2.31. The van der Waals surface area contributed by atoms with Gasteiger partial charge in [-0.25, -0.2) is 14.4 Å². The third-order valence-corrected chi connectivity index (χ3v) is 4.19. The van der Waals surface area contributed by atoms with Crippen molar-refractivity contribution in [2.45, 2.75) is 19.3 Å².